The van der Waals surface area contributed by atoms with E-state index in [0.29, 0.717) is 17.5 Å². The van der Waals surface area contributed by atoms with Gasteiger partial charge in [-0.2, -0.15) is 0 Å². The maximum Gasteiger partial charge on any atom is 0.164 e. The molecule has 3 nitrogen and oxygen atoms in total. The van der Waals surface area contributed by atoms with E-state index in [1.807, 2.05) is 59.1 Å². The van der Waals surface area contributed by atoms with Gasteiger partial charge < -0.3 is 0 Å². The average molecular weight is 750 g/mol. The van der Waals surface area contributed by atoms with Crippen molar-refractivity contribution in [3.05, 3.63) is 188 Å². The van der Waals surface area contributed by atoms with Crippen molar-refractivity contribution in [3.63, 3.8) is 0 Å². The summed E-state index contributed by atoms with van der Waals surface area (Å²) in [5.74, 6) is 2.00. The van der Waals surface area contributed by atoms with Gasteiger partial charge >= 0.3 is 0 Å². The summed E-state index contributed by atoms with van der Waals surface area (Å²) in [6, 6.07) is 66.8. The Kier molecular flexibility index (Phi) is 7.87. The zero-order valence-electron chi connectivity index (χ0n) is 30.1. The predicted octanol–water partition coefficient (Wildman–Crippen LogP) is 14.6. The lowest BCUT2D eigenvalue weighted by Crippen LogP contribution is -2.00. The smallest absolute Gasteiger partial charge is 0.164 e. The van der Waals surface area contributed by atoms with Crippen LogP contribution in [0, 0.1) is 0 Å². The van der Waals surface area contributed by atoms with Crippen molar-refractivity contribution in [3.8, 4) is 67.5 Å². The van der Waals surface area contributed by atoms with E-state index in [9.17, 15) is 0 Å². The molecule has 8 aromatic carbocycles. The molecule has 262 valence electrons. The lowest BCUT2D eigenvalue weighted by atomic mass is 9.93. The SMILES string of the molecule is c1ccc(-c2ccc(-c3ccc(-c4ccc5c(c4)sc4cccc(-c6nc(-c7ccccc7)nc(-c7ccccc7)n6)c45)c4sc5ccccc5c34)cc2)cc1. The van der Waals surface area contributed by atoms with Crippen LogP contribution in [0.2, 0.25) is 0 Å². The van der Waals surface area contributed by atoms with E-state index < -0.39 is 0 Å². The second-order valence-corrected chi connectivity index (χ2v) is 16.1. The topological polar surface area (TPSA) is 38.7 Å². The summed E-state index contributed by atoms with van der Waals surface area (Å²) < 4.78 is 5.05. The largest absolute Gasteiger partial charge is 0.208 e. The highest BCUT2D eigenvalue weighted by Crippen LogP contribution is 2.47. The first kappa shape index (κ1) is 32.6. The quantitative estimate of drug-likeness (QED) is 0.170. The van der Waals surface area contributed by atoms with Crippen LogP contribution in [-0.4, -0.2) is 15.0 Å². The Morgan fingerprint density at radius 1 is 0.286 bits per heavy atom. The van der Waals surface area contributed by atoms with E-state index >= 15 is 0 Å². The van der Waals surface area contributed by atoms with Crippen molar-refractivity contribution in [2.24, 2.45) is 0 Å². The number of benzene rings is 8. The minimum absolute atomic E-state index is 0.663. The second-order valence-electron chi connectivity index (χ2n) is 13.9. The molecule has 0 unspecified atom stereocenters. The van der Waals surface area contributed by atoms with Crippen LogP contribution in [0.4, 0.5) is 0 Å². The molecule has 11 aromatic rings. The maximum absolute atomic E-state index is 5.09. The van der Waals surface area contributed by atoms with Gasteiger partial charge in [0.25, 0.3) is 0 Å². The Morgan fingerprint density at radius 3 is 1.54 bits per heavy atom. The molecule has 0 N–H and O–H groups in total. The van der Waals surface area contributed by atoms with Gasteiger partial charge in [0.2, 0.25) is 0 Å². The zero-order valence-corrected chi connectivity index (χ0v) is 31.7. The van der Waals surface area contributed by atoms with Gasteiger partial charge in [0.1, 0.15) is 0 Å². The van der Waals surface area contributed by atoms with E-state index in [1.165, 1.54) is 73.7 Å². The first-order valence-electron chi connectivity index (χ1n) is 18.7. The van der Waals surface area contributed by atoms with E-state index in [0.717, 1.165) is 16.7 Å². The summed E-state index contributed by atoms with van der Waals surface area (Å²) in [4.78, 5) is 15.1. The van der Waals surface area contributed by atoms with Crippen LogP contribution in [0.15, 0.2) is 188 Å². The molecule has 0 radical (unpaired) electrons. The molecule has 0 spiro atoms. The molecule has 0 aliphatic rings. The molecule has 0 atom stereocenters. The number of hydrogen-bond acceptors (Lipinski definition) is 5. The van der Waals surface area contributed by atoms with Crippen LogP contribution >= 0.6 is 22.7 Å². The van der Waals surface area contributed by atoms with Crippen molar-refractivity contribution >= 4 is 63.0 Å². The number of hydrogen-bond donors (Lipinski definition) is 0. The number of aromatic nitrogens is 3. The van der Waals surface area contributed by atoms with E-state index in [1.54, 1.807) is 0 Å². The summed E-state index contributed by atoms with van der Waals surface area (Å²) in [6.07, 6.45) is 0. The minimum Gasteiger partial charge on any atom is -0.208 e. The summed E-state index contributed by atoms with van der Waals surface area (Å²) in [7, 11) is 0. The van der Waals surface area contributed by atoms with Crippen LogP contribution in [0.25, 0.3) is 108 Å². The lowest BCUT2D eigenvalue weighted by molar-refractivity contribution is 1.08. The first-order valence-corrected chi connectivity index (χ1v) is 20.3. The number of nitrogens with zero attached hydrogens (tertiary/aromatic N) is 3. The van der Waals surface area contributed by atoms with Crippen LogP contribution in [0.3, 0.4) is 0 Å². The molecular formula is C51H31N3S2. The van der Waals surface area contributed by atoms with Gasteiger partial charge in [-0.3, -0.25) is 0 Å². The van der Waals surface area contributed by atoms with Crippen LogP contribution in [-0.2, 0) is 0 Å². The molecule has 3 aromatic heterocycles. The highest BCUT2D eigenvalue weighted by atomic mass is 32.1. The van der Waals surface area contributed by atoms with Gasteiger partial charge in [0, 0.05) is 57.0 Å². The summed E-state index contributed by atoms with van der Waals surface area (Å²) in [6.45, 7) is 0. The molecule has 0 amide bonds. The monoisotopic (exact) mass is 749 g/mol. The van der Waals surface area contributed by atoms with Gasteiger partial charge in [-0.1, -0.05) is 170 Å². The predicted molar refractivity (Wildman–Crippen MR) is 238 cm³/mol. The molecule has 5 heteroatoms. The molecule has 0 saturated heterocycles. The molecular weight excluding hydrogens is 719 g/mol. The van der Waals surface area contributed by atoms with E-state index in [-0.39, 0.29) is 0 Å². The highest BCUT2D eigenvalue weighted by molar-refractivity contribution is 7.26. The Bertz CT molecular complexity index is 3170. The van der Waals surface area contributed by atoms with Gasteiger partial charge in [0.15, 0.2) is 17.5 Å². The van der Waals surface area contributed by atoms with Crippen molar-refractivity contribution < 1.29 is 0 Å². The van der Waals surface area contributed by atoms with E-state index in [4.69, 9.17) is 15.0 Å². The fourth-order valence-electron chi connectivity index (χ4n) is 7.88. The van der Waals surface area contributed by atoms with Gasteiger partial charge in [-0.05, 0) is 51.6 Å². The lowest BCUT2D eigenvalue weighted by Gasteiger charge is -2.11. The zero-order chi connectivity index (χ0) is 37.0. The second kappa shape index (κ2) is 13.5. The Morgan fingerprint density at radius 2 is 0.821 bits per heavy atom. The van der Waals surface area contributed by atoms with Gasteiger partial charge in [-0.15, -0.1) is 22.7 Å². The fraction of sp³-hybridized carbons (Fsp3) is 0. The normalized spacial score (nSPS) is 11.6. The molecule has 3 heterocycles. The maximum atomic E-state index is 5.09. The highest BCUT2D eigenvalue weighted by Gasteiger charge is 2.19. The van der Waals surface area contributed by atoms with Gasteiger partial charge in [-0.25, -0.2) is 15.0 Å². The molecule has 0 saturated carbocycles. The van der Waals surface area contributed by atoms with Crippen molar-refractivity contribution in [2.75, 3.05) is 0 Å². The third-order valence-corrected chi connectivity index (χ3v) is 12.9. The number of thiophene rings is 2. The van der Waals surface area contributed by atoms with Crippen LogP contribution in [0.1, 0.15) is 0 Å². The van der Waals surface area contributed by atoms with Crippen molar-refractivity contribution in [2.45, 2.75) is 0 Å². The molecule has 0 aliphatic heterocycles. The molecule has 0 fully saturated rings. The molecule has 0 aliphatic carbocycles. The third kappa shape index (κ3) is 5.60. The summed E-state index contributed by atoms with van der Waals surface area (Å²) >= 11 is 3.70. The van der Waals surface area contributed by atoms with Crippen molar-refractivity contribution in [1.29, 1.82) is 0 Å². The molecule has 0 bridgehead atoms. The van der Waals surface area contributed by atoms with E-state index in [2.05, 4.69) is 152 Å². The average Bonchev–Trinajstić information content (AvgIpc) is 3.86. The third-order valence-electron chi connectivity index (χ3n) is 10.6. The Hall–Kier alpha value is -6.79. The van der Waals surface area contributed by atoms with Gasteiger partial charge in [0.05, 0.1) is 0 Å². The Labute approximate surface area is 331 Å². The number of fused-ring (bicyclic) bond motifs is 6. The minimum atomic E-state index is 0.663. The summed E-state index contributed by atoms with van der Waals surface area (Å²) in [5, 5.41) is 4.98. The van der Waals surface area contributed by atoms with Crippen LogP contribution in [0.5, 0.6) is 0 Å². The standard InChI is InChI=1S/C51H31N3S2/c1-4-13-32(14-5-1)33-23-25-34(26-24-33)38-29-30-39(48-47(38)40-19-10-11-21-43(40)56-48)37-27-28-41-45(31-37)55-44-22-12-20-42(46(41)44)51-53-49(35-15-6-2-7-16-35)52-50(54-51)36-17-8-3-9-18-36/h1-31H. The first-order chi connectivity index (χ1) is 27.7. The number of rotatable bonds is 6. The molecule has 56 heavy (non-hydrogen) atoms. The van der Waals surface area contributed by atoms with Crippen LogP contribution < -0.4 is 0 Å². The summed E-state index contributed by atoms with van der Waals surface area (Å²) in [5.41, 5.74) is 10.3. The van der Waals surface area contributed by atoms with Crippen molar-refractivity contribution in [1.82, 2.24) is 15.0 Å². The Balaban J connectivity index is 1.05. The molecule has 11 rings (SSSR count). The fourth-order valence-corrected chi connectivity index (χ4v) is 10.3.